The summed E-state index contributed by atoms with van der Waals surface area (Å²) in [4.78, 5) is 8.59. The van der Waals surface area contributed by atoms with E-state index < -0.39 is 0 Å². The van der Waals surface area contributed by atoms with Gasteiger partial charge in [-0.15, -0.1) is 0 Å². The molecule has 0 bridgehead atoms. The molecule has 4 nitrogen and oxygen atoms in total. The minimum atomic E-state index is -0.0453. The first kappa shape index (κ1) is 12.1. The Bertz CT molecular complexity index is 291. The summed E-state index contributed by atoms with van der Waals surface area (Å²) in [6, 6.07) is 1.93. The van der Waals surface area contributed by atoms with Crippen molar-refractivity contribution in [1.82, 2.24) is 15.3 Å². The number of hydrogen-bond donors (Lipinski definition) is 1. The average Bonchev–Trinajstić information content (AvgIpc) is 2.29. The van der Waals surface area contributed by atoms with Crippen LogP contribution < -0.4 is 5.32 Å². The fraction of sp³-hybridized carbons (Fsp3) is 0.636. The van der Waals surface area contributed by atoms with E-state index in [1.54, 1.807) is 13.3 Å². The lowest BCUT2D eigenvalue weighted by Crippen LogP contribution is -2.16. The van der Waals surface area contributed by atoms with Gasteiger partial charge >= 0.3 is 0 Å². The molecule has 0 spiro atoms. The Labute approximate surface area is 91.1 Å². The van der Waals surface area contributed by atoms with E-state index >= 15 is 0 Å². The summed E-state index contributed by atoms with van der Waals surface area (Å²) in [5, 5.41) is 3.30. The fourth-order valence-electron chi connectivity index (χ4n) is 1.21. The van der Waals surface area contributed by atoms with Crippen molar-refractivity contribution in [3.05, 3.63) is 23.8 Å². The molecule has 1 heterocycles. The molecule has 0 saturated heterocycles. The zero-order valence-corrected chi connectivity index (χ0v) is 9.66. The van der Waals surface area contributed by atoms with Crippen LogP contribution in [0.3, 0.4) is 0 Å². The highest BCUT2D eigenvalue weighted by molar-refractivity contribution is 5.03. The Morgan fingerprint density at radius 2 is 2.33 bits per heavy atom. The van der Waals surface area contributed by atoms with Gasteiger partial charge in [-0.3, -0.25) is 0 Å². The first-order valence-electron chi connectivity index (χ1n) is 5.33. The van der Waals surface area contributed by atoms with Crippen LogP contribution >= 0.6 is 0 Å². The van der Waals surface area contributed by atoms with E-state index in [2.05, 4.69) is 22.2 Å². The van der Waals surface area contributed by atoms with E-state index in [-0.39, 0.29) is 6.10 Å². The zero-order valence-electron chi connectivity index (χ0n) is 9.66. The number of ether oxygens (including phenoxy) is 1. The Kier molecular flexibility index (Phi) is 5.21. The van der Waals surface area contributed by atoms with Crippen molar-refractivity contribution in [3.8, 4) is 0 Å². The van der Waals surface area contributed by atoms with Gasteiger partial charge in [0.1, 0.15) is 6.10 Å². The summed E-state index contributed by atoms with van der Waals surface area (Å²) in [5.41, 5.74) is 1.01. The van der Waals surface area contributed by atoms with Crippen LogP contribution in [0.15, 0.2) is 12.3 Å². The summed E-state index contributed by atoms with van der Waals surface area (Å²) in [5.74, 6) is 0.744. The number of nitrogens with one attached hydrogen (secondary N) is 1. The van der Waals surface area contributed by atoms with Crippen molar-refractivity contribution in [3.63, 3.8) is 0 Å². The molecule has 1 unspecified atom stereocenters. The molecule has 0 aliphatic rings. The van der Waals surface area contributed by atoms with Gasteiger partial charge in [-0.1, -0.05) is 6.92 Å². The van der Waals surface area contributed by atoms with Crippen molar-refractivity contribution in [2.45, 2.75) is 32.9 Å². The monoisotopic (exact) mass is 209 g/mol. The standard InChI is InChI=1S/C11H19N3O/c1-4-6-12-8-10-5-7-13-11(14-10)9(2)15-3/h5,7,9,12H,4,6,8H2,1-3H3. The summed E-state index contributed by atoms with van der Waals surface area (Å²) < 4.78 is 5.17. The third-order valence-corrected chi connectivity index (χ3v) is 2.18. The van der Waals surface area contributed by atoms with Gasteiger partial charge in [0.25, 0.3) is 0 Å². The number of nitrogens with zero attached hydrogens (tertiary/aromatic N) is 2. The van der Waals surface area contributed by atoms with Crippen LogP contribution in [0.4, 0.5) is 0 Å². The first-order chi connectivity index (χ1) is 7.27. The van der Waals surface area contributed by atoms with Crippen LogP contribution in [0.2, 0.25) is 0 Å². The Hall–Kier alpha value is -1.00. The molecule has 1 rings (SSSR count). The number of rotatable bonds is 6. The summed E-state index contributed by atoms with van der Waals surface area (Å²) in [6.45, 7) is 5.89. The largest absolute Gasteiger partial charge is 0.374 e. The second-order valence-electron chi connectivity index (χ2n) is 3.46. The number of methoxy groups -OCH3 is 1. The van der Waals surface area contributed by atoms with Gasteiger partial charge in [0.05, 0.1) is 5.69 Å². The second-order valence-corrected chi connectivity index (χ2v) is 3.46. The van der Waals surface area contributed by atoms with E-state index in [1.165, 1.54) is 0 Å². The lowest BCUT2D eigenvalue weighted by atomic mass is 10.3. The molecule has 0 aliphatic carbocycles. The molecule has 0 fully saturated rings. The summed E-state index contributed by atoms with van der Waals surface area (Å²) >= 11 is 0. The van der Waals surface area contributed by atoms with Crippen LogP contribution in [-0.4, -0.2) is 23.6 Å². The van der Waals surface area contributed by atoms with Crippen molar-refractivity contribution >= 4 is 0 Å². The minimum Gasteiger partial charge on any atom is -0.374 e. The smallest absolute Gasteiger partial charge is 0.157 e. The molecule has 0 saturated carbocycles. The first-order valence-corrected chi connectivity index (χ1v) is 5.33. The fourth-order valence-corrected chi connectivity index (χ4v) is 1.21. The lowest BCUT2D eigenvalue weighted by molar-refractivity contribution is 0.112. The maximum Gasteiger partial charge on any atom is 0.157 e. The number of aromatic nitrogens is 2. The topological polar surface area (TPSA) is 47.0 Å². The number of hydrogen-bond acceptors (Lipinski definition) is 4. The van der Waals surface area contributed by atoms with Crippen LogP contribution in [-0.2, 0) is 11.3 Å². The normalized spacial score (nSPS) is 12.7. The van der Waals surface area contributed by atoms with E-state index in [4.69, 9.17) is 4.74 Å². The maximum atomic E-state index is 5.17. The molecular formula is C11H19N3O. The predicted octanol–water partition coefficient (Wildman–Crippen LogP) is 1.68. The zero-order chi connectivity index (χ0) is 11.1. The Morgan fingerprint density at radius 1 is 1.53 bits per heavy atom. The molecule has 0 aromatic carbocycles. The van der Waals surface area contributed by atoms with E-state index in [1.807, 2.05) is 13.0 Å². The van der Waals surface area contributed by atoms with Gasteiger partial charge in [0.15, 0.2) is 5.82 Å². The second kappa shape index (κ2) is 6.48. The van der Waals surface area contributed by atoms with Crippen LogP contribution in [0.25, 0.3) is 0 Å². The lowest BCUT2D eigenvalue weighted by Gasteiger charge is -2.09. The molecule has 15 heavy (non-hydrogen) atoms. The molecule has 4 heteroatoms. The SMILES string of the molecule is CCCNCc1ccnc(C(C)OC)n1. The third-order valence-electron chi connectivity index (χ3n) is 2.18. The van der Waals surface area contributed by atoms with Gasteiger partial charge in [0, 0.05) is 19.9 Å². The third kappa shape index (κ3) is 3.93. The van der Waals surface area contributed by atoms with E-state index in [0.29, 0.717) is 0 Å². The quantitative estimate of drug-likeness (QED) is 0.724. The summed E-state index contributed by atoms with van der Waals surface area (Å²) in [7, 11) is 1.66. The van der Waals surface area contributed by atoms with Crippen molar-refractivity contribution in [2.24, 2.45) is 0 Å². The van der Waals surface area contributed by atoms with Gasteiger partial charge in [-0.2, -0.15) is 0 Å². The summed E-state index contributed by atoms with van der Waals surface area (Å²) in [6.07, 6.45) is 2.86. The molecule has 1 N–H and O–H groups in total. The molecule has 1 atom stereocenters. The molecule has 0 amide bonds. The predicted molar refractivity (Wildman–Crippen MR) is 59.5 cm³/mol. The minimum absolute atomic E-state index is 0.0453. The molecule has 1 aromatic heterocycles. The molecule has 0 radical (unpaired) electrons. The van der Waals surface area contributed by atoms with Gasteiger partial charge in [-0.05, 0) is 26.0 Å². The highest BCUT2D eigenvalue weighted by atomic mass is 16.5. The van der Waals surface area contributed by atoms with Gasteiger partial charge in [0.2, 0.25) is 0 Å². The van der Waals surface area contributed by atoms with Crippen molar-refractivity contribution in [2.75, 3.05) is 13.7 Å². The molecule has 0 aliphatic heterocycles. The maximum absolute atomic E-state index is 5.17. The van der Waals surface area contributed by atoms with Gasteiger partial charge < -0.3 is 10.1 Å². The van der Waals surface area contributed by atoms with Crippen LogP contribution in [0.5, 0.6) is 0 Å². The average molecular weight is 209 g/mol. The highest BCUT2D eigenvalue weighted by Crippen LogP contribution is 2.09. The van der Waals surface area contributed by atoms with Crippen LogP contribution in [0.1, 0.15) is 37.9 Å². The molecular weight excluding hydrogens is 190 g/mol. The Balaban J connectivity index is 2.57. The molecule has 1 aromatic rings. The molecule has 84 valence electrons. The van der Waals surface area contributed by atoms with E-state index in [9.17, 15) is 0 Å². The van der Waals surface area contributed by atoms with Gasteiger partial charge in [-0.25, -0.2) is 9.97 Å². The highest BCUT2D eigenvalue weighted by Gasteiger charge is 2.07. The van der Waals surface area contributed by atoms with Crippen molar-refractivity contribution < 1.29 is 4.74 Å². The van der Waals surface area contributed by atoms with Crippen molar-refractivity contribution in [1.29, 1.82) is 0 Å². The van der Waals surface area contributed by atoms with Crippen LogP contribution in [0, 0.1) is 0 Å². The Morgan fingerprint density at radius 3 is 3.00 bits per heavy atom. The van der Waals surface area contributed by atoms with E-state index in [0.717, 1.165) is 31.0 Å².